The van der Waals surface area contributed by atoms with Crippen LogP contribution in [0.4, 0.5) is 4.79 Å². The molecular weight excluding hydrogens is 221 g/mol. The van der Waals surface area contributed by atoms with Crippen molar-refractivity contribution in [2.75, 3.05) is 0 Å². The summed E-state index contributed by atoms with van der Waals surface area (Å²) in [7, 11) is 0. The molecule has 1 rings (SSSR count). The van der Waals surface area contributed by atoms with Gasteiger partial charge in [0.05, 0.1) is 0 Å². The maximum atomic E-state index is 11.6. The smallest absolute Gasteiger partial charge is 0.386 e. The highest BCUT2D eigenvalue weighted by atomic mass is 16.6. The Morgan fingerprint density at radius 1 is 1.18 bits per heavy atom. The maximum absolute atomic E-state index is 11.6. The summed E-state index contributed by atoms with van der Waals surface area (Å²) in [5.74, 6) is -0.395. The van der Waals surface area contributed by atoms with E-state index in [1.54, 1.807) is 0 Å². The average molecular weight is 241 g/mol. The second-order valence-corrected chi connectivity index (χ2v) is 4.42. The summed E-state index contributed by atoms with van der Waals surface area (Å²) in [5.41, 5.74) is 6.04. The van der Waals surface area contributed by atoms with Gasteiger partial charge in [-0.2, -0.15) is 0 Å². The summed E-state index contributed by atoms with van der Waals surface area (Å²) in [6.07, 6.45) is 0. The first-order chi connectivity index (χ1) is 6.90. The second-order valence-electron chi connectivity index (χ2n) is 4.42. The van der Waals surface area contributed by atoms with E-state index in [1.807, 2.05) is 51.1 Å². The first kappa shape index (κ1) is 18.0. The molecule has 17 heavy (non-hydrogen) atoms. The first-order valence-corrected chi connectivity index (χ1v) is 4.93. The van der Waals surface area contributed by atoms with Crippen molar-refractivity contribution in [2.45, 2.75) is 26.4 Å². The van der Waals surface area contributed by atoms with Gasteiger partial charge in [-0.15, -0.1) is 0 Å². The predicted octanol–water partition coefficient (Wildman–Crippen LogP) is -0.289. The number of hydrogen-bond donors (Lipinski definition) is 1. The lowest BCUT2D eigenvalue weighted by molar-refractivity contribution is 0.0712. The molecule has 0 bridgehead atoms. The molecule has 96 valence electrons. The van der Waals surface area contributed by atoms with Crippen LogP contribution in [0.3, 0.4) is 0 Å². The van der Waals surface area contributed by atoms with Crippen molar-refractivity contribution in [1.29, 1.82) is 0 Å². The Hall–Kier alpha value is -1.37. The van der Waals surface area contributed by atoms with Gasteiger partial charge in [0.1, 0.15) is 5.60 Å². The maximum Gasteiger partial charge on any atom is 0.386 e. The van der Waals surface area contributed by atoms with Gasteiger partial charge in [0.2, 0.25) is 0 Å². The Bertz CT molecular complexity index is 337. The van der Waals surface area contributed by atoms with Gasteiger partial charge in [-0.1, -0.05) is 35.8 Å². The Morgan fingerprint density at radius 3 is 2.06 bits per heavy atom. The average Bonchev–Trinajstić information content (AvgIpc) is 2.15. The van der Waals surface area contributed by atoms with Gasteiger partial charge in [0.15, 0.2) is 0 Å². The lowest BCUT2D eigenvalue weighted by atomic mass is 9.57. The zero-order valence-electron chi connectivity index (χ0n) is 10.4. The minimum atomic E-state index is -0.703. The fourth-order valence-electron chi connectivity index (χ4n) is 1.16. The van der Waals surface area contributed by atoms with E-state index in [0.717, 1.165) is 5.46 Å². The molecule has 6 N–H and O–H groups in total. The minimum absolute atomic E-state index is 0. The normalized spacial score (nSPS) is 9.65. The quantitative estimate of drug-likeness (QED) is 0.717. The van der Waals surface area contributed by atoms with Crippen LogP contribution in [0.5, 0.6) is 0 Å². The minimum Gasteiger partial charge on any atom is -0.466 e. The van der Waals surface area contributed by atoms with Crippen LogP contribution in [-0.2, 0) is 4.74 Å². The van der Waals surface area contributed by atoms with E-state index < -0.39 is 18.3 Å². The molecule has 0 saturated carbocycles. The van der Waals surface area contributed by atoms with E-state index in [0.29, 0.717) is 0 Å². The summed E-state index contributed by atoms with van der Waals surface area (Å²) in [4.78, 5) is 11.6. The molecule has 0 saturated heterocycles. The zero-order valence-corrected chi connectivity index (χ0v) is 10.4. The van der Waals surface area contributed by atoms with Crippen LogP contribution in [-0.4, -0.2) is 29.3 Å². The van der Waals surface area contributed by atoms with Crippen molar-refractivity contribution < 1.29 is 20.5 Å². The van der Waals surface area contributed by atoms with E-state index in [-0.39, 0.29) is 11.0 Å². The summed E-state index contributed by atoms with van der Waals surface area (Å²) in [5, 5.41) is 0. The van der Waals surface area contributed by atoms with E-state index >= 15 is 0 Å². The Morgan fingerprint density at radius 2 is 1.65 bits per heavy atom. The lowest BCUT2D eigenvalue weighted by Gasteiger charge is -2.21. The van der Waals surface area contributed by atoms with Crippen LogP contribution in [0.2, 0.25) is 0 Å². The van der Waals surface area contributed by atoms with Gasteiger partial charge in [-0.25, -0.2) is 0 Å². The van der Waals surface area contributed by atoms with Gasteiger partial charge < -0.3 is 21.3 Å². The summed E-state index contributed by atoms with van der Waals surface area (Å²) >= 11 is 0. The third-order valence-electron chi connectivity index (χ3n) is 1.82. The predicted molar refractivity (Wildman–Crippen MR) is 69.5 cm³/mol. The summed E-state index contributed by atoms with van der Waals surface area (Å²) < 4.78 is 5.19. The molecule has 0 radical (unpaired) electrons. The molecule has 6 heteroatoms. The molecule has 0 aromatic heterocycles. The van der Waals surface area contributed by atoms with Gasteiger partial charge in [-0.3, -0.25) is 4.79 Å². The lowest BCUT2D eigenvalue weighted by Crippen LogP contribution is -2.49. The van der Waals surface area contributed by atoms with Gasteiger partial charge in [0.25, 0.3) is 5.87 Å². The molecule has 5 nitrogen and oxygen atoms in total. The standard InChI is InChI=1S/C11H16BNO2.2H2O/c1-11(2,3)15-10(14)12(13)9-7-5-4-6-8-9;;/h4-8H,13H2,1-3H3;2*1H2. The molecule has 1 aromatic rings. The van der Waals surface area contributed by atoms with Crippen LogP contribution < -0.4 is 11.1 Å². The number of nitrogens with two attached hydrogens (primary N) is 1. The molecular formula is C11H20BNO4. The SMILES string of the molecule is CC(C)(C)OC(=O)B(N)c1ccccc1.O.O. The number of rotatable bonds is 2. The van der Waals surface area contributed by atoms with Crippen molar-refractivity contribution in [3.63, 3.8) is 0 Å². The van der Waals surface area contributed by atoms with Crippen LogP contribution in [0.25, 0.3) is 0 Å². The highest BCUT2D eigenvalue weighted by Crippen LogP contribution is 2.07. The third-order valence-corrected chi connectivity index (χ3v) is 1.82. The molecule has 0 amide bonds. The monoisotopic (exact) mass is 241 g/mol. The molecule has 0 aliphatic rings. The first-order valence-electron chi connectivity index (χ1n) is 4.93. The summed E-state index contributed by atoms with van der Waals surface area (Å²) in [6, 6.07) is 9.20. The Balaban J connectivity index is 0. The number of carbonyl (C=O) groups is 1. The van der Waals surface area contributed by atoms with Crippen LogP contribution in [0, 0.1) is 0 Å². The van der Waals surface area contributed by atoms with Crippen molar-refractivity contribution >= 4 is 18.2 Å². The van der Waals surface area contributed by atoms with Crippen LogP contribution >= 0.6 is 0 Å². The zero-order chi connectivity index (χ0) is 11.5. The molecule has 0 heterocycles. The Labute approximate surface area is 102 Å². The second kappa shape index (κ2) is 7.06. The van der Waals surface area contributed by atoms with Crippen molar-refractivity contribution in [1.82, 2.24) is 0 Å². The van der Waals surface area contributed by atoms with E-state index in [4.69, 9.17) is 10.4 Å². The molecule has 0 atom stereocenters. The fraction of sp³-hybridized carbons (Fsp3) is 0.364. The third kappa shape index (κ3) is 6.06. The number of carbonyl (C=O) groups excluding carboxylic acids is 1. The number of ether oxygens (including phenoxy) is 1. The largest absolute Gasteiger partial charge is 0.466 e. The van der Waals surface area contributed by atoms with Crippen molar-refractivity contribution in [3.05, 3.63) is 30.3 Å². The molecule has 0 fully saturated rings. The highest BCUT2D eigenvalue weighted by Gasteiger charge is 2.27. The van der Waals surface area contributed by atoms with Gasteiger partial charge >= 0.3 is 6.85 Å². The van der Waals surface area contributed by atoms with Crippen molar-refractivity contribution in [2.24, 2.45) is 5.64 Å². The number of hydrogen-bond acceptors (Lipinski definition) is 3. The highest BCUT2D eigenvalue weighted by molar-refractivity contribution is 6.96. The number of benzene rings is 1. The molecule has 0 aliphatic heterocycles. The van der Waals surface area contributed by atoms with Crippen LogP contribution in [0.1, 0.15) is 20.8 Å². The topological polar surface area (TPSA) is 115 Å². The molecule has 0 aliphatic carbocycles. The summed E-state index contributed by atoms with van der Waals surface area (Å²) in [6.45, 7) is 4.76. The molecule has 1 aromatic carbocycles. The molecule has 0 unspecified atom stereocenters. The van der Waals surface area contributed by atoms with E-state index in [9.17, 15) is 4.79 Å². The van der Waals surface area contributed by atoms with Gasteiger partial charge in [-0.05, 0) is 20.8 Å². The molecule has 0 spiro atoms. The van der Waals surface area contributed by atoms with E-state index in [1.165, 1.54) is 0 Å². The Kier molecular flexibility index (Phi) is 7.48. The van der Waals surface area contributed by atoms with Crippen molar-refractivity contribution in [3.8, 4) is 0 Å². The fourth-order valence-corrected chi connectivity index (χ4v) is 1.16. The van der Waals surface area contributed by atoms with Gasteiger partial charge in [0, 0.05) is 0 Å². The van der Waals surface area contributed by atoms with Crippen LogP contribution in [0.15, 0.2) is 30.3 Å². The van der Waals surface area contributed by atoms with E-state index in [2.05, 4.69) is 0 Å².